The van der Waals surface area contributed by atoms with Crippen molar-refractivity contribution in [2.24, 2.45) is 0 Å². The maximum absolute atomic E-state index is 12.3. The summed E-state index contributed by atoms with van der Waals surface area (Å²) >= 11 is 0. The van der Waals surface area contributed by atoms with Gasteiger partial charge >= 0.3 is 0 Å². The molecule has 1 aromatic rings. The van der Waals surface area contributed by atoms with Crippen LogP contribution in [0.25, 0.3) is 0 Å². The Hall–Kier alpha value is -1.11. The summed E-state index contributed by atoms with van der Waals surface area (Å²) in [5, 5.41) is 0. The molecule has 18 heavy (non-hydrogen) atoms. The number of nitrogens with zero attached hydrogens (tertiary/aromatic N) is 1. The maximum Gasteiger partial charge on any atom is 0.242 e. The van der Waals surface area contributed by atoms with Gasteiger partial charge in [-0.1, -0.05) is 0 Å². The van der Waals surface area contributed by atoms with Crippen molar-refractivity contribution >= 4 is 15.7 Å². The Balaban J connectivity index is 2.11. The predicted molar refractivity (Wildman–Crippen MR) is 69.6 cm³/mol. The molecule has 1 atom stereocenters. The monoisotopic (exact) mass is 270 g/mol. The number of benzene rings is 1. The van der Waals surface area contributed by atoms with Gasteiger partial charge < -0.3 is 10.5 Å². The molecule has 0 bridgehead atoms. The zero-order chi connectivity index (χ0) is 13.2. The van der Waals surface area contributed by atoms with Crippen LogP contribution in [0.2, 0.25) is 0 Å². The first-order valence-corrected chi connectivity index (χ1v) is 7.37. The summed E-state index contributed by atoms with van der Waals surface area (Å²) < 4.78 is 31.3. The van der Waals surface area contributed by atoms with E-state index < -0.39 is 10.0 Å². The number of sulfonamides is 1. The largest absolute Gasteiger partial charge is 0.399 e. The molecule has 2 N–H and O–H groups in total. The van der Waals surface area contributed by atoms with Gasteiger partial charge in [0.05, 0.1) is 11.0 Å². The first-order chi connectivity index (χ1) is 8.50. The lowest BCUT2D eigenvalue weighted by Crippen LogP contribution is -2.34. The van der Waals surface area contributed by atoms with Gasteiger partial charge in [0.25, 0.3) is 0 Å². The minimum atomic E-state index is -3.45. The lowest BCUT2D eigenvalue weighted by atomic mass is 10.2. The van der Waals surface area contributed by atoms with Crippen molar-refractivity contribution in [1.82, 2.24) is 4.31 Å². The highest BCUT2D eigenvalue weighted by molar-refractivity contribution is 7.89. The van der Waals surface area contributed by atoms with Crippen molar-refractivity contribution in [2.45, 2.75) is 23.8 Å². The fraction of sp³-hybridized carbons (Fsp3) is 0.500. The highest BCUT2D eigenvalue weighted by Crippen LogP contribution is 2.19. The molecular weight excluding hydrogens is 252 g/mol. The van der Waals surface area contributed by atoms with Crippen LogP contribution < -0.4 is 5.73 Å². The Kier molecular flexibility index (Phi) is 3.89. The number of ether oxygens (including phenoxy) is 1. The number of hydrogen-bond acceptors (Lipinski definition) is 4. The fourth-order valence-corrected chi connectivity index (χ4v) is 3.20. The Labute approximate surface area is 108 Å². The topological polar surface area (TPSA) is 72.6 Å². The van der Waals surface area contributed by atoms with E-state index in [0.29, 0.717) is 12.2 Å². The van der Waals surface area contributed by atoms with Crippen LogP contribution in [0, 0.1) is 0 Å². The number of rotatable bonds is 4. The molecule has 1 unspecified atom stereocenters. The molecule has 1 fully saturated rings. The third kappa shape index (κ3) is 2.82. The molecule has 0 radical (unpaired) electrons. The zero-order valence-electron chi connectivity index (χ0n) is 10.4. The summed E-state index contributed by atoms with van der Waals surface area (Å²) in [4.78, 5) is 0.261. The lowest BCUT2D eigenvalue weighted by Gasteiger charge is -2.20. The van der Waals surface area contributed by atoms with Crippen LogP contribution >= 0.6 is 0 Å². The van der Waals surface area contributed by atoms with Crippen LogP contribution in [-0.2, 0) is 14.8 Å². The van der Waals surface area contributed by atoms with E-state index in [0.717, 1.165) is 19.4 Å². The van der Waals surface area contributed by atoms with Crippen LogP contribution in [0.1, 0.15) is 12.8 Å². The van der Waals surface area contributed by atoms with Crippen molar-refractivity contribution < 1.29 is 13.2 Å². The molecule has 6 heteroatoms. The van der Waals surface area contributed by atoms with E-state index >= 15 is 0 Å². The SMILES string of the molecule is CN(CC1CCCO1)S(=O)(=O)c1ccc(N)cc1. The first kappa shape index (κ1) is 13.3. The molecule has 1 saturated heterocycles. The molecule has 1 aromatic carbocycles. The first-order valence-electron chi connectivity index (χ1n) is 5.93. The summed E-state index contributed by atoms with van der Waals surface area (Å²) in [7, 11) is -1.87. The van der Waals surface area contributed by atoms with E-state index in [1.54, 1.807) is 19.2 Å². The molecule has 0 spiro atoms. The Bertz CT molecular complexity index is 493. The van der Waals surface area contributed by atoms with Crippen molar-refractivity contribution in [3.05, 3.63) is 24.3 Å². The van der Waals surface area contributed by atoms with Gasteiger partial charge in [0.15, 0.2) is 0 Å². The normalized spacial score (nSPS) is 20.4. The summed E-state index contributed by atoms with van der Waals surface area (Å²) in [5.41, 5.74) is 6.10. The van der Waals surface area contributed by atoms with Gasteiger partial charge in [-0.25, -0.2) is 8.42 Å². The lowest BCUT2D eigenvalue weighted by molar-refractivity contribution is 0.0979. The van der Waals surface area contributed by atoms with Gasteiger partial charge in [-0.2, -0.15) is 4.31 Å². The minimum absolute atomic E-state index is 0.0126. The van der Waals surface area contributed by atoms with Gasteiger partial charge in [0.2, 0.25) is 10.0 Å². The van der Waals surface area contributed by atoms with Crippen LogP contribution in [0.3, 0.4) is 0 Å². The van der Waals surface area contributed by atoms with E-state index in [1.165, 1.54) is 16.4 Å². The van der Waals surface area contributed by atoms with E-state index in [4.69, 9.17) is 10.5 Å². The van der Waals surface area contributed by atoms with Gasteiger partial charge in [-0.05, 0) is 37.1 Å². The molecule has 0 aliphatic carbocycles. The second kappa shape index (κ2) is 5.26. The van der Waals surface area contributed by atoms with Crippen molar-refractivity contribution in [2.75, 3.05) is 25.9 Å². The molecule has 2 rings (SSSR count). The maximum atomic E-state index is 12.3. The molecule has 5 nitrogen and oxygen atoms in total. The number of hydrogen-bond donors (Lipinski definition) is 1. The average molecular weight is 270 g/mol. The molecular formula is C12H18N2O3S. The van der Waals surface area contributed by atoms with Gasteiger partial charge in [0.1, 0.15) is 0 Å². The Morgan fingerprint density at radius 2 is 2.06 bits per heavy atom. The zero-order valence-corrected chi connectivity index (χ0v) is 11.2. The summed E-state index contributed by atoms with van der Waals surface area (Å²) in [6.07, 6.45) is 1.93. The fourth-order valence-electron chi connectivity index (χ4n) is 1.99. The minimum Gasteiger partial charge on any atom is -0.399 e. The number of anilines is 1. The van der Waals surface area contributed by atoms with Gasteiger partial charge in [0, 0.05) is 25.9 Å². The van der Waals surface area contributed by atoms with Crippen LogP contribution in [-0.4, -0.2) is 39.0 Å². The summed E-state index contributed by atoms with van der Waals surface area (Å²) in [6, 6.07) is 6.23. The van der Waals surface area contributed by atoms with E-state index in [1.807, 2.05) is 0 Å². The smallest absolute Gasteiger partial charge is 0.242 e. The molecule has 1 aliphatic rings. The van der Waals surface area contributed by atoms with E-state index in [-0.39, 0.29) is 11.0 Å². The Morgan fingerprint density at radius 1 is 1.39 bits per heavy atom. The van der Waals surface area contributed by atoms with Crippen molar-refractivity contribution in [3.63, 3.8) is 0 Å². The predicted octanol–water partition coefficient (Wildman–Crippen LogP) is 1.07. The Morgan fingerprint density at radius 3 is 2.61 bits per heavy atom. The summed E-state index contributed by atoms with van der Waals surface area (Å²) in [5.74, 6) is 0. The molecule has 0 amide bonds. The van der Waals surface area contributed by atoms with Gasteiger partial charge in [-0.15, -0.1) is 0 Å². The highest BCUT2D eigenvalue weighted by atomic mass is 32.2. The second-order valence-corrected chi connectivity index (χ2v) is 6.53. The number of nitrogens with two attached hydrogens (primary N) is 1. The summed E-state index contributed by atoms with van der Waals surface area (Å²) in [6.45, 7) is 1.12. The molecule has 100 valence electrons. The van der Waals surface area contributed by atoms with Crippen molar-refractivity contribution in [3.8, 4) is 0 Å². The van der Waals surface area contributed by atoms with Gasteiger partial charge in [-0.3, -0.25) is 0 Å². The van der Waals surface area contributed by atoms with E-state index in [9.17, 15) is 8.42 Å². The van der Waals surface area contributed by atoms with Crippen LogP contribution in [0.4, 0.5) is 5.69 Å². The quantitative estimate of drug-likeness (QED) is 0.831. The highest BCUT2D eigenvalue weighted by Gasteiger charge is 2.25. The molecule has 1 aliphatic heterocycles. The van der Waals surface area contributed by atoms with Crippen LogP contribution in [0.5, 0.6) is 0 Å². The molecule has 0 aromatic heterocycles. The number of nitrogen functional groups attached to an aromatic ring is 1. The third-order valence-electron chi connectivity index (χ3n) is 3.07. The van der Waals surface area contributed by atoms with Crippen molar-refractivity contribution in [1.29, 1.82) is 0 Å². The molecule has 1 heterocycles. The number of likely N-dealkylation sites (N-methyl/N-ethyl adjacent to an activating group) is 1. The second-order valence-electron chi connectivity index (χ2n) is 4.49. The van der Waals surface area contributed by atoms with E-state index in [2.05, 4.69) is 0 Å². The average Bonchev–Trinajstić information content (AvgIpc) is 2.82. The third-order valence-corrected chi connectivity index (χ3v) is 4.91. The van der Waals surface area contributed by atoms with Crippen LogP contribution in [0.15, 0.2) is 29.2 Å². The molecule has 0 saturated carbocycles. The standard InChI is InChI=1S/C12H18N2O3S/c1-14(9-11-3-2-8-17-11)18(15,16)12-6-4-10(13)5-7-12/h4-7,11H,2-3,8-9,13H2,1H3.